The Kier molecular flexibility index (Phi) is 6.73. The lowest BCUT2D eigenvalue weighted by Gasteiger charge is -2.34. The Morgan fingerprint density at radius 2 is 1.94 bits per heavy atom. The van der Waals surface area contributed by atoms with Gasteiger partial charge in [0.25, 0.3) is 0 Å². The van der Waals surface area contributed by atoms with Gasteiger partial charge in [-0.15, -0.1) is 0 Å². The van der Waals surface area contributed by atoms with Crippen molar-refractivity contribution in [2.24, 2.45) is 5.92 Å². The molecule has 0 unspecified atom stereocenters. The maximum Gasteiger partial charge on any atom is 0.305 e. The predicted molar refractivity (Wildman–Crippen MR) is 115 cm³/mol. The number of nitrogens with zero attached hydrogens (tertiary/aromatic N) is 1. The number of ether oxygens (including phenoxy) is 1. The third kappa shape index (κ3) is 5.35. The molecule has 0 bridgehead atoms. The Morgan fingerprint density at radius 3 is 2.58 bits per heavy atom. The molecule has 166 valence electrons. The number of benzene rings is 1. The summed E-state index contributed by atoms with van der Waals surface area (Å²) < 4.78 is 10.6. The zero-order valence-electron chi connectivity index (χ0n) is 18.1. The van der Waals surface area contributed by atoms with Gasteiger partial charge in [-0.05, 0) is 62.3 Å². The molecule has 2 saturated carbocycles. The zero-order valence-corrected chi connectivity index (χ0v) is 18.1. The second-order valence-electron chi connectivity index (χ2n) is 9.09. The molecule has 2 aliphatic carbocycles. The monoisotopic (exact) mass is 425 g/mol. The summed E-state index contributed by atoms with van der Waals surface area (Å²) in [5.74, 6) is 0.941. The molecule has 2 aliphatic rings. The van der Waals surface area contributed by atoms with Crippen molar-refractivity contribution in [2.75, 3.05) is 7.11 Å². The molecule has 0 radical (unpaired) electrons. The van der Waals surface area contributed by atoms with Gasteiger partial charge >= 0.3 is 11.9 Å². The Hall–Kier alpha value is -2.63. The van der Waals surface area contributed by atoms with Crippen molar-refractivity contribution in [3.63, 3.8) is 0 Å². The van der Waals surface area contributed by atoms with E-state index in [1.54, 1.807) is 0 Å². The maximum atomic E-state index is 11.6. The molecule has 6 nitrogen and oxygen atoms in total. The number of aryl methyl sites for hydroxylation is 1. The van der Waals surface area contributed by atoms with Gasteiger partial charge in [0.1, 0.15) is 5.76 Å². The Labute approximate surface area is 183 Å². The van der Waals surface area contributed by atoms with Gasteiger partial charge in [0, 0.05) is 23.8 Å². The van der Waals surface area contributed by atoms with Crippen LogP contribution in [-0.2, 0) is 20.7 Å². The van der Waals surface area contributed by atoms with Crippen LogP contribution < -0.4 is 0 Å². The lowest BCUT2D eigenvalue weighted by Crippen LogP contribution is -2.23. The van der Waals surface area contributed by atoms with E-state index in [4.69, 9.17) is 9.26 Å². The second-order valence-corrected chi connectivity index (χ2v) is 9.09. The highest BCUT2D eigenvalue weighted by Gasteiger charge is 2.41. The summed E-state index contributed by atoms with van der Waals surface area (Å²) in [4.78, 5) is 23.1. The molecule has 1 aromatic carbocycles. The van der Waals surface area contributed by atoms with E-state index in [0.717, 1.165) is 49.1 Å². The third-order valence-electron chi connectivity index (χ3n) is 6.79. The van der Waals surface area contributed by atoms with Gasteiger partial charge in [0.15, 0.2) is 0 Å². The highest BCUT2D eigenvalue weighted by Crippen LogP contribution is 2.52. The number of hydrogen-bond acceptors (Lipinski definition) is 5. The lowest BCUT2D eigenvalue weighted by atomic mass is 9.70. The van der Waals surface area contributed by atoms with Crippen LogP contribution in [0.3, 0.4) is 0 Å². The first-order chi connectivity index (χ1) is 15.0. The number of aliphatic carboxylic acids is 1. The van der Waals surface area contributed by atoms with E-state index < -0.39 is 5.97 Å². The summed E-state index contributed by atoms with van der Waals surface area (Å²) in [5.41, 5.74) is 3.29. The third-order valence-corrected chi connectivity index (χ3v) is 6.79. The van der Waals surface area contributed by atoms with Crippen LogP contribution in [0.15, 0.2) is 34.9 Å². The quantitative estimate of drug-likeness (QED) is 0.498. The minimum Gasteiger partial charge on any atom is -0.481 e. The summed E-state index contributed by atoms with van der Waals surface area (Å²) in [7, 11) is 1.35. The van der Waals surface area contributed by atoms with Crippen molar-refractivity contribution in [1.82, 2.24) is 5.16 Å². The molecule has 1 aromatic heterocycles. The van der Waals surface area contributed by atoms with Gasteiger partial charge in [0.05, 0.1) is 19.2 Å². The topological polar surface area (TPSA) is 89.6 Å². The minimum absolute atomic E-state index is 0.0486. The van der Waals surface area contributed by atoms with Gasteiger partial charge in [-0.3, -0.25) is 9.59 Å². The van der Waals surface area contributed by atoms with Crippen LogP contribution in [0.1, 0.15) is 91.7 Å². The molecule has 2 fully saturated rings. The SMILES string of the molecule is COC(=O)CC[C@@H](CC(=O)O)c1noc(C2CC(CCc3ccccc3)C2)c1C1CC1. The largest absolute Gasteiger partial charge is 0.481 e. The fourth-order valence-electron chi connectivity index (χ4n) is 4.84. The summed E-state index contributed by atoms with van der Waals surface area (Å²) in [6.07, 6.45) is 7.24. The Morgan fingerprint density at radius 1 is 1.19 bits per heavy atom. The number of carbonyl (C=O) groups is 2. The van der Waals surface area contributed by atoms with E-state index in [2.05, 4.69) is 29.4 Å². The summed E-state index contributed by atoms with van der Waals surface area (Å²) in [6, 6.07) is 10.6. The van der Waals surface area contributed by atoms with Crippen LogP contribution in [0.4, 0.5) is 0 Å². The molecule has 0 spiro atoms. The molecule has 4 rings (SSSR count). The fourth-order valence-corrected chi connectivity index (χ4v) is 4.84. The molecule has 2 aromatic rings. The Bertz CT molecular complexity index is 896. The van der Waals surface area contributed by atoms with Crippen LogP contribution in [-0.4, -0.2) is 29.3 Å². The number of aromatic nitrogens is 1. The maximum absolute atomic E-state index is 11.6. The van der Waals surface area contributed by atoms with Gasteiger partial charge in [0.2, 0.25) is 0 Å². The van der Waals surface area contributed by atoms with Crippen molar-refractivity contribution >= 4 is 11.9 Å². The molecule has 31 heavy (non-hydrogen) atoms. The van der Waals surface area contributed by atoms with Gasteiger partial charge in [-0.2, -0.15) is 0 Å². The van der Waals surface area contributed by atoms with Gasteiger partial charge < -0.3 is 14.4 Å². The second kappa shape index (κ2) is 9.67. The van der Waals surface area contributed by atoms with E-state index in [1.807, 2.05) is 6.07 Å². The van der Waals surface area contributed by atoms with E-state index in [0.29, 0.717) is 24.2 Å². The van der Waals surface area contributed by atoms with Crippen molar-refractivity contribution in [3.05, 3.63) is 52.9 Å². The Balaban J connectivity index is 1.42. The van der Waals surface area contributed by atoms with Crippen LogP contribution in [0.2, 0.25) is 0 Å². The first-order valence-electron chi connectivity index (χ1n) is 11.4. The molecule has 0 aliphatic heterocycles. The highest BCUT2D eigenvalue weighted by molar-refractivity contribution is 5.70. The minimum atomic E-state index is -0.884. The molecular formula is C25H31NO5. The number of esters is 1. The van der Waals surface area contributed by atoms with Gasteiger partial charge in [-0.25, -0.2) is 0 Å². The average Bonchev–Trinajstić information content (AvgIpc) is 3.49. The van der Waals surface area contributed by atoms with E-state index in [-0.39, 0.29) is 24.7 Å². The van der Waals surface area contributed by atoms with Crippen molar-refractivity contribution in [3.8, 4) is 0 Å². The molecule has 0 amide bonds. The molecule has 6 heteroatoms. The molecule has 0 saturated heterocycles. The molecule has 1 N–H and O–H groups in total. The van der Waals surface area contributed by atoms with Crippen LogP contribution in [0.5, 0.6) is 0 Å². The summed E-state index contributed by atoms with van der Waals surface area (Å²) in [5, 5.41) is 13.8. The predicted octanol–water partition coefficient (Wildman–Crippen LogP) is 5.19. The van der Waals surface area contributed by atoms with E-state index >= 15 is 0 Å². The molecular weight excluding hydrogens is 394 g/mol. The first kappa shape index (κ1) is 21.6. The smallest absolute Gasteiger partial charge is 0.305 e. The van der Waals surface area contributed by atoms with Crippen LogP contribution in [0, 0.1) is 5.92 Å². The van der Waals surface area contributed by atoms with Crippen molar-refractivity contribution < 1.29 is 24.0 Å². The first-order valence-corrected chi connectivity index (χ1v) is 11.4. The van der Waals surface area contributed by atoms with E-state index in [1.165, 1.54) is 19.1 Å². The van der Waals surface area contributed by atoms with E-state index in [9.17, 15) is 14.7 Å². The average molecular weight is 426 g/mol. The number of carboxylic acids is 1. The van der Waals surface area contributed by atoms with Crippen molar-refractivity contribution in [2.45, 2.75) is 75.5 Å². The molecule has 1 atom stereocenters. The molecule has 1 heterocycles. The number of hydrogen-bond donors (Lipinski definition) is 1. The standard InChI is InChI=1S/C25H31NO5/c1-30-22(29)12-11-19(15-21(27)28)24-23(18-9-10-18)25(31-26-24)20-13-17(14-20)8-7-16-5-3-2-4-6-16/h2-6,17-20H,7-15H2,1H3,(H,27,28)/t17?,19-,20?/m0/s1. The lowest BCUT2D eigenvalue weighted by molar-refractivity contribution is -0.142. The van der Waals surface area contributed by atoms with Crippen LogP contribution in [0.25, 0.3) is 0 Å². The summed E-state index contributed by atoms with van der Waals surface area (Å²) in [6.45, 7) is 0. The van der Waals surface area contributed by atoms with Crippen LogP contribution >= 0.6 is 0 Å². The number of methoxy groups -OCH3 is 1. The van der Waals surface area contributed by atoms with Crippen molar-refractivity contribution in [1.29, 1.82) is 0 Å². The fraction of sp³-hybridized carbons (Fsp3) is 0.560. The zero-order chi connectivity index (χ0) is 21.8. The number of rotatable bonds is 11. The highest BCUT2D eigenvalue weighted by atomic mass is 16.5. The number of carbonyl (C=O) groups excluding carboxylic acids is 1. The summed E-state index contributed by atoms with van der Waals surface area (Å²) >= 11 is 0. The van der Waals surface area contributed by atoms with Gasteiger partial charge in [-0.1, -0.05) is 35.5 Å². The number of carboxylic acid groups (broad SMARTS) is 1. The normalized spacial score (nSPS) is 21.3.